The van der Waals surface area contributed by atoms with E-state index in [4.69, 9.17) is 0 Å². The van der Waals surface area contributed by atoms with Gasteiger partial charge in [0.1, 0.15) is 6.54 Å². The number of fused-ring (bicyclic) bond motifs is 1. The van der Waals surface area contributed by atoms with Crippen molar-refractivity contribution in [1.82, 2.24) is 14.8 Å². The molecule has 0 bridgehead atoms. The summed E-state index contributed by atoms with van der Waals surface area (Å²) in [5.74, 6) is 0.700. The second kappa shape index (κ2) is 7.18. The molecule has 23 heavy (non-hydrogen) atoms. The molecule has 2 aromatic rings. The van der Waals surface area contributed by atoms with Gasteiger partial charge in [-0.15, -0.1) is 0 Å². The molecular weight excluding hydrogens is 286 g/mol. The van der Waals surface area contributed by atoms with Gasteiger partial charge in [-0.25, -0.2) is 0 Å². The van der Waals surface area contributed by atoms with Gasteiger partial charge in [-0.2, -0.15) is 0 Å². The average Bonchev–Trinajstić information content (AvgIpc) is 2.92. The zero-order valence-corrected chi connectivity index (χ0v) is 14.2. The smallest absolute Gasteiger partial charge is 0.240 e. The number of hydrogen-bond acceptors (Lipinski definition) is 2. The SMILES string of the molecule is CN(C)CC1CCCCC1NC(=O)Cn1ccc2ccccc21. The largest absolute Gasteiger partial charge is 0.351 e. The molecule has 1 amide bonds. The minimum Gasteiger partial charge on any atom is -0.351 e. The third-order valence-corrected chi connectivity index (χ3v) is 4.85. The van der Waals surface area contributed by atoms with Crippen molar-refractivity contribution in [1.29, 1.82) is 0 Å². The van der Waals surface area contributed by atoms with Gasteiger partial charge in [-0.1, -0.05) is 31.0 Å². The fourth-order valence-electron chi connectivity index (χ4n) is 3.77. The first-order valence-electron chi connectivity index (χ1n) is 8.61. The average molecular weight is 313 g/mol. The second-order valence-corrected chi connectivity index (χ2v) is 6.98. The quantitative estimate of drug-likeness (QED) is 0.921. The minimum atomic E-state index is 0.127. The van der Waals surface area contributed by atoms with Crippen molar-refractivity contribution in [3.8, 4) is 0 Å². The summed E-state index contributed by atoms with van der Waals surface area (Å²) < 4.78 is 2.04. The van der Waals surface area contributed by atoms with Gasteiger partial charge in [0.25, 0.3) is 0 Å². The Labute approximate surface area is 138 Å². The Hall–Kier alpha value is -1.81. The number of aromatic nitrogens is 1. The van der Waals surface area contributed by atoms with Crippen LogP contribution in [0.4, 0.5) is 0 Å². The maximum absolute atomic E-state index is 12.5. The summed E-state index contributed by atoms with van der Waals surface area (Å²) in [6, 6.07) is 10.6. The summed E-state index contributed by atoms with van der Waals surface area (Å²) in [6.45, 7) is 1.45. The van der Waals surface area contributed by atoms with Crippen LogP contribution in [0, 0.1) is 5.92 Å². The minimum absolute atomic E-state index is 0.127. The Morgan fingerprint density at radius 3 is 2.83 bits per heavy atom. The molecule has 1 saturated carbocycles. The highest BCUT2D eigenvalue weighted by atomic mass is 16.2. The van der Waals surface area contributed by atoms with Crippen LogP contribution in [0.2, 0.25) is 0 Å². The first-order chi connectivity index (χ1) is 11.1. The van der Waals surface area contributed by atoms with Crippen molar-refractivity contribution >= 4 is 16.8 Å². The molecule has 2 unspecified atom stereocenters. The molecule has 0 spiro atoms. The lowest BCUT2D eigenvalue weighted by Crippen LogP contribution is -2.46. The van der Waals surface area contributed by atoms with E-state index in [1.165, 1.54) is 24.6 Å². The van der Waals surface area contributed by atoms with Gasteiger partial charge in [0.2, 0.25) is 5.91 Å². The Morgan fingerprint density at radius 1 is 1.22 bits per heavy atom. The molecular formula is C19H27N3O. The molecule has 1 aromatic carbocycles. The first kappa shape index (κ1) is 16.1. The van der Waals surface area contributed by atoms with Gasteiger partial charge in [0.05, 0.1) is 0 Å². The van der Waals surface area contributed by atoms with Crippen LogP contribution in [0.25, 0.3) is 10.9 Å². The lowest BCUT2D eigenvalue weighted by Gasteiger charge is -2.34. The molecule has 1 N–H and O–H groups in total. The molecule has 1 fully saturated rings. The topological polar surface area (TPSA) is 37.3 Å². The van der Waals surface area contributed by atoms with Gasteiger partial charge in [-0.05, 0) is 50.4 Å². The van der Waals surface area contributed by atoms with Crippen LogP contribution >= 0.6 is 0 Å². The monoisotopic (exact) mass is 313 g/mol. The first-order valence-corrected chi connectivity index (χ1v) is 8.61. The number of nitrogens with one attached hydrogen (secondary N) is 1. The summed E-state index contributed by atoms with van der Waals surface area (Å²) >= 11 is 0. The zero-order valence-electron chi connectivity index (χ0n) is 14.2. The summed E-state index contributed by atoms with van der Waals surface area (Å²) in [5.41, 5.74) is 1.12. The zero-order chi connectivity index (χ0) is 16.2. The van der Waals surface area contributed by atoms with Gasteiger partial charge in [0.15, 0.2) is 0 Å². The molecule has 124 valence electrons. The van der Waals surface area contributed by atoms with Gasteiger partial charge >= 0.3 is 0 Å². The van der Waals surface area contributed by atoms with Crippen molar-refractivity contribution in [3.05, 3.63) is 36.5 Å². The van der Waals surface area contributed by atoms with Crippen molar-refractivity contribution in [2.24, 2.45) is 5.92 Å². The summed E-state index contributed by atoms with van der Waals surface area (Å²) in [6.07, 6.45) is 6.84. The van der Waals surface area contributed by atoms with E-state index in [0.717, 1.165) is 18.5 Å². The highest BCUT2D eigenvalue weighted by Gasteiger charge is 2.26. The predicted octanol–water partition coefficient (Wildman–Crippen LogP) is 2.88. The Balaban J connectivity index is 1.64. The lowest BCUT2D eigenvalue weighted by atomic mass is 9.84. The predicted molar refractivity (Wildman–Crippen MR) is 94.4 cm³/mol. The molecule has 2 atom stereocenters. The van der Waals surface area contributed by atoms with Crippen molar-refractivity contribution in [2.45, 2.75) is 38.3 Å². The number of carbonyl (C=O) groups excluding carboxylic acids is 1. The Bertz CT molecular complexity index is 661. The maximum Gasteiger partial charge on any atom is 0.240 e. The molecule has 1 aliphatic rings. The van der Waals surface area contributed by atoms with Crippen LogP contribution in [-0.4, -0.2) is 42.1 Å². The van der Waals surface area contributed by atoms with Crippen LogP contribution in [0.3, 0.4) is 0 Å². The summed E-state index contributed by atoms with van der Waals surface area (Å²) in [7, 11) is 4.22. The van der Waals surface area contributed by atoms with Crippen molar-refractivity contribution in [2.75, 3.05) is 20.6 Å². The fraction of sp³-hybridized carbons (Fsp3) is 0.526. The molecule has 4 heteroatoms. The molecule has 0 aliphatic heterocycles. The number of nitrogens with zero attached hydrogens (tertiary/aromatic N) is 2. The normalized spacial score (nSPS) is 21.7. The molecule has 4 nitrogen and oxygen atoms in total. The van der Waals surface area contributed by atoms with E-state index >= 15 is 0 Å². The van der Waals surface area contributed by atoms with E-state index in [2.05, 4.69) is 42.5 Å². The van der Waals surface area contributed by atoms with E-state index in [9.17, 15) is 4.79 Å². The van der Waals surface area contributed by atoms with Crippen LogP contribution < -0.4 is 5.32 Å². The van der Waals surface area contributed by atoms with E-state index in [1.54, 1.807) is 0 Å². The number of amides is 1. The molecule has 1 aromatic heterocycles. The van der Waals surface area contributed by atoms with Crippen molar-refractivity contribution in [3.63, 3.8) is 0 Å². The van der Waals surface area contributed by atoms with Gasteiger partial charge in [-0.3, -0.25) is 4.79 Å². The van der Waals surface area contributed by atoms with Crippen LogP contribution in [-0.2, 0) is 11.3 Å². The van der Waals surface area contributed by atoms with Crippen molar-refractivity contribution < 1.29 is 4.79 Å². The number of para-hydroxylation sites is 1. The molecule has 0 radical (unpaired) electrons. The van der Waals surface area contributed by atoms with Crippen LogP contribution in [0.15, 0.2) is 36.5 Å². The van der Waals surface area contributed by atoms with E-state index < -0.39 is 0 Å². The highest BCUT2D eigenvalue weighted by Crippen LogP contribution is 2.25. The Morgan fingerprint density at radius 2 is 2.00 bits per heavy atom. The third-order valence-electron chi connectivity index (χ3n) is 4.85. The van der Waals surface area contributed by atoms with Gasteiger partial charge < -0.3 is 14.8 Å². The number of rotatable bonds is 5. The third kappa shape index (κ3) is 3.94. The van der Waals surface area contributed by atoms with E-state index in [-0.39, 0.29) is 5.91 Å². The van der Waals surface area contributed by atoms with E-state index in [1.807, 2.05) is 22.9 Å². The maximum atomic E-state index is 12.5. The van der Waals surface area contributed by atoms with Crippen LogP contribution in [0.1, 0.15) is 25.7 Å². The molecule has 0 saturated heterocycles. The fourth-order valence-corrected chi connectivity index (χ4v) is 3.77. The van der Waals surface area contributed by atoms with E-state index in [0.29, 0.717) is 18.5 Å². The highest BCUT2D eigenvalue weighted by molar-refractivity contribution is 5.83. The summed E-state index contributed by atoms with van der Waals surface area (Å²) in [5, 5.41) is 4.47. The van der Waals surface area contributed by atoms with Crippen LogP contribution in [0.5, 0.6) is 0 Å². The standard InChI is InChI=1S/C19H27N3O/c1-21(2)13-16-8-3-5-9-17(16)20-19(23)14-22-12-11-15-7-4-6-10-18(15)22/h4,6-7,10-12,16-17H,3,5,8-9,13-14H2,1-2H3,(H,20,23). The molecule has 3 rings (SSSR count). The number of carbonyl (C=O) groups is 1. The molecule has 1 heterocycles. The number of benzene rings is 1. The second-order valence-electron chi connectivity index (χ2n) is 6.98. The lowest BCUT2D eigenvalue weighted by molar-refractivity contribution is -0.123. The summed E-state index contributed by atoms with van der Waals surface area (Å²) in [4.78, 5) is 14.7. The molecule has 1 aliphatic carbocycles. The number of hydrogen-bond donors (Lipinski definition) is 1. The van der Waals surface area contributed by atoms with Gasteiger partial charge in [0, 0.05) is 24.3 Å². The Kier molecular flexibility index (Phi) is 5.01.